The molecule has 0 aliphatic rings. The zero-order chi connectivity index (χ0) is 28.6. The molecule has 226 valence electrons. The summed E-state index contributed by atoms with van der Waals surface area (Å²) in [5.41, 5.74) is 1.31. The first-order valence-electron chi connectivity index (χ1n) is 15.4. The number of ether oxygens (including phenoxy) is 2. The number of likely N-dealkylation sites (N-methyl/N-ethyl adjacent to an activating group) is 1. The summed E-state index contributed by atoms with van der Waals surface area (Å²) in [7, 11) is 2.00. The summed E-state index contributed by atoms with van der Waals surface area (Å²) in [5.74, 6) is 0.424. The maximum absolute atomic E-state index is 12.0. The fourth-order valence-electron chi connectivity index (χ4n) is 4.19. The van der Waals surface area contributed by atoms with E-state index in [0.29, 0.717) is 19.4 Å². The van der Waals surface area contributed by atoms with Crippen LogP contribution in [-0.4, -0.2) is 57.4 Å². The first kappa shape index (κ1) is 35.8. The van der Waals surface area contributed by atoms with Gasteiger partial charge in [-0.2, -0.15) is 0 Å². The number of carbonyl (C=O) groups is 1. The summed E-state index contributed by atoms with van der Waals surface area (Å²) in [5, 5.41) is 0. The molecule has 1 aromatic rings. The lowest BCUT2D eigenvalue weighted by Gasteiger charge is -2.20. The van der Waals surface area contributed by atoms with Crippen LogP contribution < -0.4 is 9.64 Å². The molecule has 1 rings (SSSR count). The fraction of sp³-hybridized carbons (Fsp3) is 0.774. The number of unbranched alkanes of at least 4 members (excludes halogenated alkanes) is 11. The van der Waals surface area contributed by atoms with Gasteiger partial charge in [0.1, 0.15) is 25.5 Å². The van der Waals surface area contributed by atoms with E-state index in [1.807, 2.05) is 33.2 Å². The highest BCUT2D eigenvalue weighted by Crippen LogP contribution is 2.32. The van der Waals surface area contributed by atoms with Gasteiger partial charge in [-0.15, -0.1) is 0 Å². The van der Waals surface area contributed by atoms with Crippen molar-refractivity contribution in [2.45, 2.75) is 116 Å². The molecular weight excluding hydrogens is 513 g/mol. The molecule has 0 aliphatic heterocycles. The molecule has 0 amide bonds. The van der Waals surface area contributed by atoms with Crippen molar-refractivity contribution in [1.82, 2.24) is 0 Å². The average Bonchev–Trinajstić information content (AvgIpc) is 2.91. The first-order valence-corrected chi connectivity index (χ1v) is 16.5. The normalized spacial score (nSPS) is 13.0. The minimum absolute atomic E-state index is 0.0174. The smallest absolute Gasteiger partial charge is 0.330 e. The van der Waals surface area contributed by atoms with E-state index in [9.17, 15) is 9.69 Å². The van der Waals surface area contributed by atoms with Gasteiger partial charge in [0.25, 0.3) is 0 Å². The van der Waals surface area contributed by atoms with Crippen molar-refractivity contribution in [3.05, 3.63) is 29.8 Å². The van der Waals surface area contributed by atoms with Crippen molar-refractivity contribution in [3.8, 4) is 5.75 Å². The zero-order valence-electron chi connectivity index (χ0n) is 25.3. The molecule has 0 fully saturated rings. The standard InChI is InChI=1S/C31H56NO6P/c1-5-7-8-9-10-11-12-13-14-15-16-17-19-28-20-22-29(23-21-28)35-26-30(38-31(33)18-6-2)27-37-39(34)36-25-24-32(3)4/h20-23,30,34H,5-19,24-27H2,1-4H3/p+1. The number of hydrogen-bond donors (Lipinski definition) is 2. The molecule has 0 bridgehead atoms. The van der Waals surface area contributed by atoms with E-state index in [-0.39, 0.29) is 19.2 Å². The SMILES string of the molecule is CCCCCCCCCCCCCCc1ccc(OCC(COP(O)OCC[NH+](C)C)OC(=O)CCC)cc1. The minimum atomic E-state index is -2.02. The van der Waals surface area contributed by atoms with E-state index in [2.05, 4.69) is 19.1 Å². The third-order valence-corrected chi connectivity index (χ3v) is 7.38. The fourth-order valence-corrected chi connectivity index (χ4v) is 4.80. The number of aryl methyl sites for hydroxylation is 1. The monoisotopic (exact) mass is 570 g/mol. The van der Waals surface area contributed by atoms with Gasteiger partial charge in [0.2, 0.25) is 0 Å². The van der Waals surface area contributed by atoms with Gasteiger partial charge in [-0.25, -0.2) is 0 Å². The van der Waals surface area contributed by atoms with Gasteiger partial charge in [-0.05, 0) is 37.0 Å². The Morgan fingerprint density at radius 1 is 0.821 bits per heavy atom. The number of hydrogen-bond acceptors (Lipinski definition) is 6. The second-order valence-corrected chi connectivity index (χ2v) is 11.8. The summed E-state index contributed by atoms with van der Waals surface area (Å²) < 4.78 is 22.1. The first-order chi connectivity index (χ1) is 18.9. The summed E-state index contributed by atoms with van der Waals surface area (Å²) in [6.45, 7) is 5.52. The van der Waals surface area contributed by atoms with Crippen LogP contribution in [-0.2, 0) is 25.0 Å². The van der Waals surface area contributed by atoms with Crippen LogP contribution in [0.15, 0.2) is 24.3 Å². The van der Waals surface area contributed by atoms with Crippen molar-refractivity contribution in [1.29, 1.82) is 0 Å². The van der Waals surface area contributed by atoms with E-state index in [1.165, 1.54) is 87.5 Å². The summed E-state index contributed by atoms with van der Waals surface area (Å²) in [6.07, 6.45) is 17.8. The van der Waals surface area contributed by atoms with E-state index in [4.69, 9.17) is 18.5 Å². The molecule has 8 heteroatoms. The third kappa shape index (κ3) is 21.2. The van der Waals surface area contributed by atoms with Crippen LogP contribution in [0.3, 0.4) is 0 Å². The lowest BCUT2D eigenvalue weighted by Crippen LogP contribution is -3.06. The van der Waals surface area contributed by atoms with Gasteiger partial charge < -0.3 is 28.3 Å². The maximum Gasteiger partial charge on any atom is 0.330 e. The molecule has 1 aromatic carbocycles. The van der Waals surface area contributed by atoms with Crippen LogP contribution in [0.5, 0.6) is 5.75 Å². The number of benzene rings is 1. The molecule has 2 atom stereocenters. The van der Waals surface area contributed by atoms with Crippen LogP contribution in [0.25, 0.3) is 0 Å². The predicted molar refractivity (Wildman–Crippen MR) is 160 cm³/mol. The van der Waals surface area contributed by atoms with Crippen LogP contribution in [0, 0.1) is 0 Å². The van der Waals surface area contributed by atoms with Crippen LogP contribution in [0.4, 0.5) is 0 Å². The Bertz CT molecular complexity index is 703. The number of rotatable bonds is 26. The minimum Gasteiger partial charge on any atom is -0.490 e. The summed E-state index contributed by atoms with van der Waals surface area (Å²) >= 11 is 0. The summed E-state index contributed by atoms with van der Waals surface area (Å²) in [4.78, 5) is 23.2. The Labute approximate surface area is 239 Å². The van der Waals surface area contributed by atoms with Crippen molar-refractivity contribution >= 4 is 14.6 Å². The number of quaternary nitrogens is 1. The molecule has 2 unspecified atom stereocenters. The van der Waals surface area contributed by atoms with Gasteiger partial charge >= 0.3 is 14.6 Å². The molecule has 2 N–H and O–H groups in total. The maximum atomic E-state index is 12.0. The van der Waals surface area contributed by atoms with Gasteiger partial charge in [0.05, 0.1) is 20.7 Å². The van der Waals surface area contributed by atoms with E-state index in [0.717, 1.165) is 18.7 Å². The van der Waals surface area contributed by atoms with Crippen molar-refractivity contribution in [3.63, 3.8) is 0 Å². The largest absolute Gasteiger partial charge is 0.490 e. The van der Waals surface area contributed by atoms with Crippen LogP contribution in [0.2, 0.25) is 0 Å². The quantitative estimate of drug-likeness (QED) is 0.0761. The molecule has 39 heavy (non-hydrogen) atoms. The topological polar surface area (TPSA) is 78.7 Å². The van der Waals surface area contributed by atoms with Crippen LogP contribution in [0.1, 0.15) is 109 Å². The van der Waals surface area contributed by atoms with Gasteiger partial charge in [0.15, 0.2) is 6.10 Å². The van der Waals surface area contributed by atoms with Crippen molar-refractivity contribution in [2.24, 2.45) is 0 Å². The van der Waals surface area contributed by atoms with Gasteiger partial charge in [0, 0.05) is 6.42 Å². The van der Waals surface area contributed by atoms with Crippen molar-refractivity contribution in [2.75, 3.05) is 40.5 Å². The molecule has 0 saturated heterocycles. The highest BCUT2D eigenvalue weighted by molar-refractivity contribution is 7.40. The molecule has 7 nitrogen and oxygen atoms in total. The number of carbonyl (C=O) groups excluding carboxylic acids is 1. The third-order valence-electron chi connectivity index (χ3n) is 6.61. The molecular formula is C31H57NO6P+. The van der Waals surface area contributed by atoms with E-state index < -0.39 is 14.7 Å². The molecule has 0 aromatic heterocycles. The Hall–Kier alpha value is -1.24. The molecule has 0 spiro atoms. The predicted octanol–water partition coefficient (Wildman–Crippen LogP) is 6.42. The Morgan fingerprint density at radius 3 is 1.97 bits per heavy atom. The summed E-state index contributed by atoms with van der Waals surface area (Å²) in [6, 6.07) is 8.15. The highest BCUT2D eigenvalue weighted by Gasteiger charge is 2.19. The van der Waals surface area contributed by atoms with Gasteiger partial charge in [-0.3, -0.25) is 4.79 Å². The van der Waals surface area contributed by atoms with E-state index >= 15 is 0 Å². The lowest BCUT2D eigenvalue weighted by molar-refractivity contribution is -0.858. The average molecular weight is 571 g/mol. The second kappa shape index (κ2) is 24.5. The van der Waals surface area contributed by atoms with Crippen molar-refractivity contribution < 1.29 is 33.1 Å². The van der Waals surface area contributed by atoms with E-state index in [1.54, 1.807) is 0 Å². The molecule has 0 saturated carbocycles. The molecule has 0 aliphatic carbocycles. The molecule has 0 heterocycles. The van der Waals surface area contributed by atoms with Gasteiger partial charge in [-0.1, -0.05) is 96.6 Å². The Balaban J connectivity index is 2.27. The molecule has 0 radical (unpaired) electrons. The zero-order valence-corrected chi connectivity index (χ0v) is 26.2. The Kier molecular flexibility index (Phi) is 22.5. The Morgan fingerprint density at radius 2 is 1.41 bits per heavy atom. The lowest BCUT2D eigenvalue weighted by atomic mass is 10.0. The number of nitrogens with one attached hydrogen (secondary N) is 1. The van der Waals surface area contributed by atoms with Crippen LogP contribution >= 0.6 is 8.60 Å². The second-order valence-electron chi connectivity index (χ2n) is 10.8. The highest BCUT2D eigenvalue weighted by atomic mass is 31.2. The number of esters is 1.